The molecule has 1 heterocycles. The van der Waals surface area contributed by atoms with Crippen molar-refractivity contribution in [2.24, 2.45) is 5.41 Å². The third-order valence-corrected chi connectivity index (χ3v) is 9.28. The van der Waals surface area contributed by atoms with Gasteiger partial charge in [0.1, 0.15) is 30.2 Å². The van der Waals surface area contributed by atoms with Crippen LogP contribution in [0, 0.1) is 5.41 Å². The van der Waals surface area contributed by atoms with E-state index in [1.807, 2.05) is 37.2 Å². The van der Waals surface area contributed by atoms with Crippen molar-refractivity contribution in [1.82, 2.24) is 14.9 Å². The number of amides is 2. The molecule has 0 bridgehead atoms. The molecule has 3 aromatic carbocycles. The fourth-order valence-corrected chi connectivity index (χ4v) is 6.46. The smallest absolute Gasteiger partial charge is 0.419 e. The summed E-state index contributed by atoms with van der Waals surface area (Å²) in [4.78, 5) is 58.1. The van der Waals surface area contributed by atoms with Crippen molar-refractivity contribution in [3.05, 3.63) is 78.9 Å². The summed E-state index contributed by atoms with van der Waals surface area (Å²) >= 11 is 0. The van der Waals surface area contributed by atoms with Gasteiger partial charge < -0.3 is 29.7 Å². The fourth-order valence-electron chi connectivity index (χ4n) is 5.17. The number of ether oxygens (including phenoxy) is 3. The van der Waals surface area contributed by atoms with E-state index in [-0.39, 0.29) is 29.3 Å². The van der Waals surface area contributed by atoms with E-state index in [2.05, 4.69) is 20.3 Å². The number of rotatable bonds is 12. The van der Waals surface area contributed by atoms with Crippen LogP contribution in [-0.2, 0) is 40.2 Å². The number of sulfonamides is 1. The molecule has 3 N–H and O–H groups in total. The molecule has 0 saturated heterocycles. The highest BCUT2D eigenvalue weighted by molar-refractivity contribution is 7.93. The van der Waals surface area contributed by atoms with Crippen LogP contribution >= 0.6 is 0 Å². The number of aromatic nitrogens is 2. The molecule has 0 spiro atoms. The summed E-state index contributed by atoms with van der Waals surface area (Å²) in [6.45, 7) is 12.9. The first-order valence-electron chi connectivity index (χ1n) is 17.5. The molecule has 1 atom stereocenters. The number of anilines is 3. The number of carbonyl (C=O) groups excluding carboxylic acids is 4. The Balaban J connectivity index is 1.41. The number of nitrogens with one attached hydrogen (secondary N) is 3. The van der Waals surface area contributed by atoms with Gasteiger partial charge in [-0.1, -0.05) is 24.3 Å². The maximum Gasteiger partial charge on any atom is 0.419 e. The lowest BCUT2D eigenvalue weighted by atomic mass is 9.93. The van der Waals surface area contributed by atoms with E-state index < -0.39 is 56.7 Å². The first-order chi connectivity index (χ1) is 25.4. The van der Waals surface area contributed by atoms with Crippen LogP contribution < -0.4 is 20.3 Å². The van der Waals surface area contributed by atoms with Gasteiger partial charge in [0.25, 0.3) is 10.0 Å². The van der Waals surface area contributed by atoms with Crippen LogP contribution in [0.5, 0.6) is 0 Å². The highest BCUT2D eigenvalue weighted by atomic mass is 32.2. The molecule has 0 radical (unpaired) electrons. The molecule has 1 aromatic heterocycles. The summed E-state index contributed by atoms with van der Waals surface area (Å²) in [5.74, 6) is -1.35. The van der Waals surface area contributed by atoms with Crippen LogP contribution in [0.15, 0.2) is 78.1 Å². The highest BCUT2D eigenvalue weighted by Gasteiger charge is 2.33. The minimum Gasteiger partial charge on any atom is -0.463 e. The van der Waals surface area contributed by atoms with Crippen LogP contribution in [0.4, 0.5) is 26.7 Å². The number of benzene rings is 3. The van der Waals surface area contributed by atoms with Crippen LogP contribution in [-0.4, -0.2) is 80.0 Å². The SMILES string of the molecule is CN(C)c1cccc2c(S(=O)(=O)Nc3ccc(NC(=O)C(C)(C)COC(=O)C(Cc4cn(C(=O)OC(C)(C)C)cn4)NC(=O)OC(C)(C)C)cc3)cccc12. The molecular weight excluding hydrogens is 729 g/mol. The lowest BCUT2D eigenvalue weighted by molar-refractivity contribution is -0.150. The van der Waals surface area contributed by atoms with E-state index >= 15 is 0 Å². The number of imidazole rings is 1. The van der Waals surface area contributed by atoms with Gasteiger partial charge in [-0.15, -0.1) is 0 Å². The second-order valence-corrected chi connectivity index (χ2v) is 17.5. The van der Waals surface area contributed by atoms with Gasteiger partial charge in [-0.25, -0.2) is 32.4 Å². The summed E-state index contributed by atoms with van der Waals surface area (Å²) in [7, 11) is -0.196. The van der Waals surface area contributed by atoms with Crippen molar-refractivity contribution in [3.8, 4) is 0 Å². The fraction of sp³-hybridized carbons (Fsp3) is 0.410. The molecule has 0 saturated carbocycles. The van der Waals surface area contributed by atoms with E-state index in [0.29, 0.717) is 11.1 Å². The van der Waals surface area contributed by atoms with E-state index in [0.717, 1.165) is 15.6 Å². The Hall–Kier alpha value is -5.64. The van der Waals surface area contributed by atoms with Crippen LogP contribution in [0.25, 0.3) is 10.8 Å². The van der Waals surface area contributed by atoms with Crippen molar-refractivity contribution >= 4 is 61.9 Å². The summed E-state index contributed by atoms with van der Waals surface area (Å²) in [6, 6.07) is 15.4. The standard InChI is InChI=1S/C39H50N6O9S/c1-37(2,3)53-35(48)42-30(21-27-22-45(24-40-27)36(49)54-38(4,5)6)33(46)52-23-39(7,8)34(47)41-25-17-19-26(20-18-25)43-55(50,51)32-16-12-13-28-29(32)14-11-15-31(28)44(9)10/h11-20,22,24,30,43H,21,23H2,1-10H3,(H,41,47)(H,42,48). The average molecular weight is 779 g/mol. The first kappa shape index (κ1) is 42.1. The lowest BCUT2D eigenvalue weighted by Gasteiger charge is -2.26. The number of nitrogens with zero attached hydrogens (tertiary/aromatic N) is 3. The molecule has 4 aromatic rings. The number of hydrogen-bond acceptors (Lipinski definition) is 11. The van der Waals surface area contributed by atoms with Gasteiger partial charge in [0.2, 0.25) is 5.91 Å². The molecule has 4 rings (SSSR count). The predicted octanol–water partition coefficient (Wildman–Crippen LogP) is 6.33. The molecule has 0 fully saturated rings. The predicted molar refractivity (Wildman–Crippen MR) is 210 cm³/mol. The normalized spacial score (nSPS) is 12.7. The largest absolute Gasteiger partial charge is 0.463 e. The number of hydrogen-bond donors (Lipinski definition) is 3. The number of carbonyl (C=O) groups is 4. The quantitative estimate of drug-likeness (QED) is 0.108. The molecule has 16 heteroatoms. The number of fused-ring (bicyclic) bond motifs is 1. The summed E-state index contributed by atoms with van der Waals surface area (Å²) in [5.41, 5.74) is -1.03. The van der Waals surface area contributed by atoms with Crippen molar-refractivity contribution in [2.75, 3.05) is 35.6 Å². The van der Waals surface area contributed by atoms with Gasteiger partial charge in [-0.2, -0.15) is 0 Å². The Morgan fingerprint density at radius 2 is 1.42 bits per heavy atom. The Morgan fingerprint density at radius 1 is 0.818 bits per heavy atom. The minimum absolute atomic E-state index is 0.126. The molecule has 2 amide bonds. The van der Waals surface area contributed by atoms with E-state index in [4.69, 9.17) is 14.2 Å². The van der Waals surface area contributed by atoms with Gasteiger partial charge in [-0.05, 0) is 91.8 Å². The molecule has 296 valence electrons. The zero-order valence-electron chi connectivity index (χ0n) is 32.8. The molecule has 0 aliphatic carbocycles. The van der Waals surface area contributed by atoms with E-state index in [9.17, 15) is 27.6 Å². The number of esters is 1. The highest BCUT2D eigenvalue weighted by Crippen LogP contribution is 2.31. The Morgan fingerprint density at radius 3 is 2.04 bits per heavy atom. The molecule has 15 nitrogen and oxygen atoms in total. The van der Waals surface area contributed by atoms with Crippen molar-refractivity contribution < 1.29 is 41.8 Å². The Labute approximate surface area is 321 Å². The van der Waals surface area contributed by atoms with Crippen molar-refractivity contribution in [1.29, 1.82) is 0 Å². The molecule has 1 unspecified atom stereocenters. The minimum atomic E-state index is -3.97. The third-order valence-electron chi connectivity index (χ3n) is 7.84. The average Bonchev–Trinajstić information content (AvgIpc) is 3.54. The Kier molecular flexibility index (Phi) is 12.5. The molecule has 0 aliphatic heterocycles. The van der Waals surface area contributed by atoms with Crippen LogP contribution in [0.3, 0.4) is 0 Å². The summed E-state index contributed by atoms with van der Waals surface area (Å²) in [5, 5.41) is 6.64. The molecular formula is C39H50N6O9S. The van der Waals surface area contributed by atoms with Crippen LogP contribution in [0.1, 0.15) is 61.1 Å². The topological polar surface area (TPSA) is 187 Å². The summed E-state index contributed by atoms with van der Waals surface area (Å²) in [6.07, 6.45) is 0.908. The maximum absolute atomic E-state index is 13.5. The molecule has 0 aliphatic rings. The first-order valence-corrected chi connectivity index (χ1v) is 19.0. The van der Waals surface area contributed by atoms with Crippen LogP contribution in [0.2, 0.25) is 0 Å². The van der Waals surface area contributed by atoms with Crippen molar-refractivity contribution in [2.45, 2.75) is 84.0 Å². The number of alkyl carbamates (subject to hydrolysis) is 1. The van der Waals surface area contributed by atoms with Gasteiger partial charge >= 0.3 is 18.2 Å². The Bertz CT molecular complexity index is 2150. The lowest BCUT2D eigenvalue weighted by Crippen LogP contribution is -2.46. The monoisotopic (exact) mass is 778 g/mol. The van der Waals surface area contributed by atoms with Gasteiger partial charge in [-0.3, -0.25) is 9.52 Å². The second-order valence-electron chi connectivity index (χ2n) is 15.8. The van der Waals surface area contributed by atoms with Gasteiger partial charge in [0.05, 0.1) is 16.0 Å². The maximum atomic E-state index is 13.5. The van der Waals surface area contributed by atoms with Gasteiger partial charge in [0.15, 0.2) is 0 Å². The zero-order chi connectivity index (χ0) is 40.9. The van der Waals surface area contributed by atoms with E-state index in [1.165, 1.54) is 24.7 Å². The second kappa shape index (κ2) is 16.4. The zero-order valence-corrected chi connectivity index (χ0v) is 33.7. The molecule has 55 heavy (non-hydrogen) atoms. The summed E-state index contributed by atoms with van der Waals surface area (Å²) < 4.78 is 46.9. The van der Waals surface area contributed by atoms with Gasteiger partial charge in [0, 0.05) is 54.5 Å². The third kappa shape index (κ3) is 11.7. The van der Waals surface area contributed by atoms with Crippen molar-refractivity contribution in [3.63, 3.8) is 0 Å². The van der Waals surface area contributed by atoms with E-state index in [1.54, 1.807) is 85.7 Å².